The van der Waals surface area contributed by atoms with Gasteiger partial charge in [-0.25, -0.2) is 8.78 Å². The fraction of sp³-hybridized carbons (Fsp3) is 0.588. The molecule has 2 rings (SSSR count). The van der Waals surface area contributed by atoms with Crippen molar-refractivity contribution >= 4 is 17.7 Å². The van der Waals surface area contributed by atoms with E-state index in [4.69, 9.17) is 5.73 Å². The zero-order valence-corrected chi connectivity index (χ0v) is 14.2. The fourth-order valence-corrected chi connectivity index (χ4v) is 3.82. The summed E-state index contributed by atoms with van der Waals surface area (Å²) in [5, 5.41) is 2.82. The van der Waals surface area contributed by atoms with Crippen LogP contribution in [-0.4, -0.2) is 30.5 Å². The number of nitrogens with one attached hydrogen (secondary N) is 1. The Kier molecular flexibility index (Phi) is 6.41. The van der Waals surface area contributed by atoms with E-state index in [0.29, 0.717) is 19.3 Å². The zero-order chi connectivity index (χ0) is 16.9. The molecule has 0 heterocycles. The van der Waals surface area contributed by atoms with Gasteiger partial charge in [-0.1, -0.05) is 18.9 Å². The van der Waals surface area contributed by atoms with Crippen LogP contribution in [0.3, 0.4) is 0 Å². The summed E-state index contributed by atoms with van der Waals surface area (Å²) < 4.78 is 28.4. The predicted octanol–water partition coefficient (Wildman–Crippen LogP) is 2.97. The van der Waals surface area contributed by atoms with Crippen molar-refractivity contribution in [3.8, 4) is 0 Å². The van der Waals surface area contributed by atoms with E-state index in [2.05, 4.69) is 5.32 Å². The molecule has 0 aromatic heterocycles. The third-order valence-electron chi connectivity index (χ3n) is 4.62. The lowest BCUT2D eigenvalue weighted by molar-refractivity contribution is -0.122. The average molecular weight is 342 g/mol. The summed E-state index contributed by atoms with van der Waals surface area (Å²) in [6.45, 7) is 0.233. The van der Waals surface area contributed by atoms with Gasteiger partial charge in [0.15, 0.2) is 0 Å². The van der Waals surface area contributed by atoms with Crippen molar-refractivity contribution in [2.75, 3.05) is 18.6 Å². The fourth-order valence-electron chi connectivity index (χ4n) is 3.33. The van der Waals surface area contributed by atoms with Crippen molar-refractivity contribution < 1.29 is 13.6 Å². The van der Waals surface area contributed by atoms with Crippen molar-refractivity contribution in [1.29, 1.82) is 0 Å². The molecule has 128 valence electrons. The van der Waals surface area contributed by atoms with Gasteiger partial charge in [-0.2, -0.15) is 11.8 Å². The minimum Gasteiger partial charge on any atom is -0.354 e. The number of carbonyl (C=O) groups is 1. The van der Waals surface area contributed by atoms with E-state index < -0.39 is 23.1 Å². The van der Waals surface area contributed by atoms with E-state index in [1.54, 1.807) is 11.8 Å². The number of nitrogens with two attached hydrogens (primary N) is 1. The highest BCUT2D eigenvalue weighted by atomic mass is 32.2. The molecular weight excluding hydrogens is 318 g/mol. The van der Waals surface area contributed by atoms with Gasteiger partial charge in [0.2, 0.25) is 5.91 Å². The summed E-state index contributed by atoms with van der Waals surface area (Å²) in [4.78, 5) is 12.1. The monoisotopic (exact) mass is 342 g/mol. The topological polar surface area (TPSA) is 55.1 Å². The Balaban J connectivity index is 2.12. The summed E-state index contributed by atoms with van der Waals surface area (Å²) in [5.74, 6) is -0.510. The van der Waals surface area contributed by atoms with Gasteiger partial charge in [-0.3, -0.25) is 4.79 Å². The molecule has 0 saturated heterocycles. The number of hydrogen-bond donors (Lipinski definition) is 2. The lowest BCUT2D eigenvalue weighted by atomic mass is 9.78. The Morgan fingerprint density at radius 3 is 2.52 bits per heavy atom. The lowest BCUT2D eigenvalue weighted by Crippen LogP contribution is -2.46. The van der Waals surface area contributed by atoms with E-state index in [1.165, 1.54) is 18.2 Å². The quantitative estimate of drug-likeness (QED) is 0.801. The smallest absolute Gasteiger partial charge is 0.236 e. The molecule has 0 bridgehead atoms. The van der Waals surface area contributed by atoms with Crippen molar-refractivity contribution in [2.45, 2.75) is 43.6 Å². The molecule has 0 spiro atoms. The van der Waals surface area contributed by atoms with Gasteiger partial charge in [-0.15, -0.1) is 0 Å². The number of hydrogen-bond acceptors (Lipinski definition) is 3. The standard InChI is InChI=1S/C17H24F2N2OS/c1-23-10-7-14(20)16(22)21-11-17(8-2-3-9-17)15-12(18)5-4-6-13(15)19/h4-6,14H,2-3,7-11,20H2,1H3,(H,21,22)/t14-/m0/s1. The molecule has 1 atom stereocenters. The highest BCUT2D eigenvalue weighted by Crippen LogP contribution is 2.42. The maximum atomic E-state index is 14.2. The van der Waals surface area contributed by atoms with Gasteiger partial charge in [0.25, 0.3) is 0 Å². The van der Waals surface area contributed by atoms with Gasteiger partial charge >= 0.3 is 0 Å². The first kappa shape index (κ1) is 18.2. The van der Waals surface area contributed by atoms with Crippen LogP contribution in [0.4, 0.5) is 8.78 Å². The van der Waals surface area contributed by atoms with Crippen molar-refractivity contribution in [1.82, 2.24) is 5.32 Å². The van der Waals surface area contributed by atoms with Crippen LogP contribution in [0.2, 0.25) is 0 Å². The summed E-state index contributed by atoms with van der Waals surface area (Å²) in [5.41, 5.74) is 5.30. The van der Waals surface area contributed by atoms with E-state index in [9.17, 15) is 13.6 Å². The largest absolute Gasteiger partial charge is 0.354 e. The second-order valence-corrected chi connectivity index (χ2v) is 7.18. The number of thioether (sulfide) groups is 1. The van der Waals surface area contributed by atoms with Gasteiger partial charge in [0.05, 0.1) is 6.04 Å². The van der Waals surface area contributed by atoms with Crippen molar-refractivity contribution in [3.63, 3.8) is 0 Å². The third kappa shape index (κ3) is 4.23. The molecule has 1 aromatic rings. The number of benzene rings is 1. The Bertz CT molecular complexity index is 527. The third-order valence-corrected chi connectivity index (χ3v) is 5.27. The molecule has 6 heteroatoms. The number of carbonyl (C=O) groups excluding carboxylic acids is 1. The van der Waals surface area contributed by atoms with Gasteiger partial charge < -0.3 is 11.1 Å². The molecule has 0 unspecified atom stereocenters. The van der Waals surface area contributed by atoms with Crippen LogP contribution in [-0.2, 0) is 10.2 Å². The van der Waals surface area contributed by atoms with Crippen LogP contribution >= 0.6 is 11.8 Å². The van der Waals surface area contributed by atoms with E-state index in [0.717, 1.165) is 18.6 Å². The SMILES string of the molecule is CSCC[C@H](N)C(=O)NCC1(c2c(F)cccc2F)CCCC1. The zero-order valence-electron chi connectivity index (χ0n) is 13.4. The Morgan fingerprint density at radius 1 is 1.35 bits per heavy atom. The minimum atomic E-state index is -0.662. The molecule has 1 saturated carbocycles. The minimum absolute atomic E-state index is 0.107. The van der Waals surface area contributed by atoms with Gasteiger partial charge in [-0.05, 0) is 43.4 Å². The van der Waals surface area contributed by atoms with Crippen LogP contribution in [0.5, 0.6) is 0 Å². The van der Waals surface area contributed by atoms with E-state index in [1.807, 2.05) is 6.26 Å². The van der Waals surface area contributed by atoms with E-state index >= 15 is 0 Å². The summed E-state index contributed by atoms with van der Waals surface area (Å²) in [7, 11) is 0. The summed E-state index contributed by atoms with van der Waals surface area (Å²) >= 11 is 1.63. The molecule has 0 radical (unpaired) electrons. The van der Waals surface area contributed by atoms with Crippen LogP contribution in [0.1, 0.15) is 37.7 Å². The lowest BCUT2D eigenvalue weighted by Gasteiger charge is -2.31. The summed E-state index contributed by atoms with van der Waals surface area (Å²) in [6.07, 6.45) is 5.70. The first-order valence-electron chi connectivity index (χ1n) is 7.97. The number of amides is 1. The molecule has 0 aliphatic heterocycles. The van der Waals surface area contributed by atoms with Crippen LogP contribution in [0, 0.1) is 11.6 Å². The molecule has 1 amide bonds. The molecule has 3 N–H and O–H groups in total. The molecule has 1 fully saturated rings. The highest BCUT2D eigenvalue weighted by Gasteiger charge is 2.40. The first-order chi connectivity index (χ1) is 11.0. The van der Waals surface area contributed by atoms with Crippen molar-refractivity contribution in [3.05, 3.63) is 35.4 Å². The number of rotatable bonds is 7. The summed E-state index contributed by atoms with van der Waals surface area (Å²) in [6, 6.07) is 3.36. The number of halogens is 2. The molecule has 1 aliphatic carbocycles. The van der Waals surface area contributed by atoms with Crippen LogP contribution < -0.4 is 11.1 Å². The van der Waals surface area contributed by atoms with E-state index in [-0.39, 0.29) is 18.0 Å². The first-order valence-corrected chi connectivity index (χ1v) is 9.36. The molecule has 1 aliphatic rings. The second kappa shape index (κ2) is 8.11. The Labute approximate surface area is 140 Å². The second-order valence-electron chi connectivity index (χ2n) is 6.19. The molecule has 1 aromatic carbocycles. The van der Waals surface area contributed by atoms with Gasteiger partial charge in [0, 0.05) is 17.5 Å². The molecule has 23 heavy (non-hydrogen) atoms. The average Bonchev–Trinajstić information content (AvgIpc) is 2.99. The maximum Gasteiger partial charge on any atom is 0.236 e. The normalized spacial score (nSPS) is 17.9. The molecule has 3 nitrogen and oxygen atoms in total. The van der Waals surface area contributed by atoms with Crippen LogP contribution in [0.25, 0.3) is 0 Å². The maximum absolute atomic E-state index is 14.2. The Morgan fingerprint density at radius 2 is 1.96 bits per heavy atom. The van der Waals surface area contributed by atoms with Gasteiger partial charge in [0.1, 0.15) is 11.6 Å². The molecular formula is C17H24F2N2OS. The predicted molar refractivity (Wildman–Crippen MR) is 90.5 cm³/mol. The van der Waals surface area contributed by atoms with Crippen molar-refractivity contribution in [2.24, 2.45) is 5.73 Å². The highest BCUT2D eigenvalue weighted by molar-refractivity contribution is 7.98. The Hall–Kier alpha value is -1.14. The van der Waals surface area contributed by atoms with Crippen LogP contribution in [0.15, 0.2) is 18.2 Å².